The summed E-state index contributed by atoms with van der Waals surface area (Å²) in [5.74, 6) is -5.22. The highest BCUT2D eigenvalue weighted by Crippen LogP contribution is 2.72. The van der Waals surface area contributed by atoms with E-state index in [4.69, 9.17) is 26.2 Å². The van der Waals surface area contributed by atoms with Gasteiger partial charge in [0.25, 0.3) is 0 Å². The van der Waals surface area contributed by atoms with E-state index in [1.54, 1.807) is 20.8 Å². The molecule has 0 spiro atoms. The molecule has 0 aromatic heterocycles. The first-order chi connectivity index (χ1) is 18.4. The van der Waals surface area contributed by atoms with Crippen molar-refractivity contribution in [3.63, 3.8) is 0 Å². The van der Waals surface area contributed by atoms with E-state index in [0.717, 1.165) is 6.08 Å². The number of hydrogen-bond acceptors (Lipinski definition) is 7. The van der Waals surface area contributed by atoms with Gasteiger partial charge in [0.1, 0.15) is 12.3 Å². The molecule has 1 aliphatic heterocycles. The van der Waals surface area contributed by atoms with E-state index < -0.39 is 81.7 Å². The van der Waals surface area contributed by atoms with E-state index >= 15 is 8.78 Å². The molecule has 5 aliphatic rings. The summed E-state index contributed by atoms with van der Waals surface area (Å²) in [6.07, 6.45) is -3.46. The zero-order valence-electron chi connectivity index (χ0n) is 23.1. The van der Waals surface area contributed by atoms with Gasteiger partial charge in [0.2, 0.25) is 0 Å². The Morgan fingerprint density at radius 2 is 1.85 bits per heavy atom. The Balaban J connectivity index is 1.55. The minimum Gasteiger partial charge on any atom is -0.481 e. The van der Waals surface area contributed by atoms with Crippen molar-refractivity contribution < 1.29 is 48.0 Å². The summed E-state index contributed by atoms with van der Waals surface area (Å²) in [6.45, 7) is 6.44. The molecule has 4 fully saturated rings. The highest BCUT2D eigenvalue weighted by molar-refractivity contribution is 6.44. The van der Waals surface area contributed by atoms with Crippen LogP contribution in [0.15, 0.2) is 22.8 Å². The summed E-state index contributed by atoms with van der Waals surface area (Å²) in [6, 6.07) is 0. The quantitative estimate of drug-likeness (QED) is 0.382. The molecule has 0 bridgehead atoms. The van der Waals surface area contributed by atoms with Crippen molar-refractivity contribution in [3.05, 3.63) is 22.8 Å². The molecule has 11 heteroatoms. The number of carboxylic acids is 1. The maximum absolute atomic E-state index is 17.6. The molecule has 10 atom stereocenters. The van der Waals surface area contributed by atoms with Gasteiger partial charge in [-0.3, -0.25) is 14.4 Å². The molecule has 0 aromatic rings. The molecule has 1 heterocycles. The van der Waals surface area contributed by atoms with E-state index in [0.29, 0.717) is 0 Å². The number of rotatable bonds is 7. The standard InChI is InChI=1S/C29H37ClF2O8/c1-25(2)39-22-11-14-15-9-18(31)16-10-20(34)17(30)12-26(16,3)28(15,32)21(35)13-27(14,4)29(22,40-25)24(38)19(33)7-5-6-8-23(36)37/h10,12,14-15,18-19,21-22,33,35H,5-9,11,13H2,1-4H3,(H,36,37)/t14-,15-,18-,19?,21-,22?,26-,27-,28-,29-/m0/s1. The Labute approximate surface area is 236 Å². The molecule has 2 unspecified atom stereocenters. The lowest BCUT2D eigenvalue weighted by Crippen LogP contribution is -2.71. The number of unbranched alkanes of at least 4 members (excludes halogenated alkanes) is 1. The third-order valence-electron chi connectivity index (χ3n) is 10.5. The van der Waals surface area contributed by atoms with Crippen LogP contribution in [-0.2, 0) is 23.9 Å². The summed E-state index contributed by atoms with van der Waals surface area (Å²) >= 11 is 6.13. The second kappa shape index (κ2) is 9.39. The first kappa shape index (κ1) is 29.8. The van der Waals surface area contributed by atoms with Crippen LogP contribution in [0.25, 0.3) is 0 Å². The normalized spacial score (nSPS) is 45.9. The number of alkyl halides is 2. The second-order valence-corrected chi connectivity index (χ2v) is 13.5. The fraction of sp³-hybridized carbons (Fsp3) is 0.759. The highest BCUT2D eigenvalue weighted by atomic mass is 35.5. The molecular weight excluding hydrogens is 550 g/mol. The average Bonchev–Trinajstić information content (AvgIpc) is 3.25. The number of aliphatic hydroxyl groups excluding tert-OH is 2. The Bertz CT molecular complexity index is 1200. The van der Waals surface area contributed by atoms with Gasteiger partial charge in [-0.25, -0.2) is 8.78 Å². The fourth-order valence-electron chi connectivity index (χ4n) is 8.78. The van der Waals surface area contributed by atoms with E-state index in [-0.39, 0.29) is 55.6 Å². The summed E-state index contributed by atoms with van der Waals surface area (Å²) in [5.41, 5.74) is -7.13. The average molecular weight is 587 g/mol. The lowest BCUT2D eigenvalue weighted by molar-refractivity contribution is -0.250. The van der Waals surface area contributed by atoms with Crippen molar-refractivity contribution in [2.45, 2.75) is 114 Å². The van der Waals surface area contributed by atoms with Gasteiger partial charge in [-0.1, -0.05) is 18.5 Å². The van der Waals surface area contributed by atoms with Crippen LogP contribution in [0.1, 0.15) is 72.6 Å². The maximum atomic E-state index is 17.6. The maximum Gasteiger partial charge on any atom is 0.303 e. The van der Waals surface area contributed by atoms with Gasteiger partial charge < -0.3 is 24.8 Å². The lowest BCUT2D eigenvalue weighted by Gasteiger charge is -2.63. The highest BCUT2D eigenvalue weighted by Gasteiger charge is 2.81. The molecule has 0 radical (unpaired) electrons. The van der Waals surface area contributed by atoms with Crippen LogP contribution in [0.2, 0.25) is 0 Å². The summed E-state index contributed by atoms with van der Waals surface area (Å²) in [7, 11) is 0. The van der Waals surface area contributed by atoms with Crippen molar-refractivity contribution in [1.82, 2.24) is 0 Å². The first-order valence-electron chi connectivity index (χ1n) is 13.9. The first-order valence-corrected chi connectivity index (χ1v) is 14.3. The predicted molar refractivity (Wildman–Crippen MR) is 139 cm³/mol. The Hall–Kier alpha value is -1.72. The third kappa shape index (κ3) is 3.85. The molecule has 0 amide bonds. The molecule has 3 saturated carbocycles. The third-order valence-corrected chi connectivity index (χ3v) is 10.8. The van der Waals surface area contributed by atoms with Crippen molar-refractivity contribution in [2.24, 2.45) is 22.7 Å². The number of hydrogen-bond donors (Lipinski definition) is 3. The molecule has 40 heavy (non-hydrogen) atoms. The van der Waals surface area contributed by atoms with Crippen LogP contribution in [-0.4, -0.2) is 74.4 Å². The summed E-state index contributed by atoms with van der Waals surface area (Å²) < 4.78 is 45.9. The van der Waals surface area contributed by atoms with Gasteiger partial charge in [0.05, 0.1) is 17.2 Å². The number of carboxylic acid groups (broad SMARTS) is 1. The van der Waals surface area contributed by atoms with Crippen LogP contribution in [0, 0.1) is 22.7 Å². The van der Waals surface area contributed by atoms with E-state index in [9.17, 15) is 24.6 Å². The van der Waals surface area contributed by atoms with Gasteiger partial charge in [-0.15, -0.1) is 0 Å². The van der Waals surface area contributed by atoms with Gasteiger partial charge >= 0.3 is 5.97 Å². The SMILES string of the molecule is CC1(C)OC2C[C@H]3[C@@H]4C[C@H](F)C5=CC(=O)C(Cl)=C[C@]5(C)[C@@]4(F)[C@@H](O)C[C@]3(C)[C@]2(C(=O)C(O)CCCCC(=O)O)O1. The molecule has 5 rings (SSSR count). The van der Waals surface area contributed by atoms with Crippen LogP contribution in [0.3, 0.4) is 0 Å². The molecular formula is C29H37ClF2O8. The minimum absolute atomic E-state index is 0.000250. The minimum atomic E-state index is -2.40. The predicted octanol–water partition coefficient (Wildman–Crippen LogP) is 3.95. The largest absolute Gasteiger partial charge is 0.481 e. The molecule has 4 aliphatic carbocycles. The number of halogens is 3. The van der Waals surface area contributed by atoms with E-state index in [2.05, 4.69) is 0 Å². The molecule has 3 N–H and O–H groups in total. The van der Waals surface area contributed by atoms with Gasteiger partial charge in [0.15, 0.2) is 28.6 Å². The number of Topliss-reactive ketones (excluding diaryl/α,β-unsaturated/α-hetero) is 1. The lowest BCUT2D eigenvalue weighted by atomic mass is 9.44. The van der Waals surface area contributed by atoms with Crippen molar-refractivity contribution in [3.8, 4) is 0 Å². The van der Waals surface area contributed by atoms with Crippen molar-refractivity contribution in [1.29, 1.82) is 0 Å². The van der Waals surface area contributed by atoms with Crippen LogP contribution in [0.5, 0.6) is 0 Å². The van der Waals surface area contributed by atoms with Gasteiger partial charge in [0, 0.05) is 23.2 Å². The number of carbonyl (C=O) groups excluding carboxylic acids is 2. The number of carbonyl (C=O) groups is 3. The number of allylic oxidation sites excluding steroid dienone is 4. The zero-order chi connectivity index (χ0) is 29.6. The van der Waals surface area contributed by atoms with Crippen molar-refractivity contribution >= 4 is 29.1 Å². The number of ether oxygens (including phenoxy) is 2. The monoisotopic (exact) mass is 586 g/mol. The van der Waals surface area contributed by atoms with Crippen LogP contribution in [0.4, 0.5) is 8.78 Å². The Kier molecular flexibility index (Phi) is 6.99. The van der Waals surface area contributed by atoms with Crippen LogP contribution < -0.4 is 0 Å². The second-order valence-electron chi connectivity index (χ2n) is 13.1. The molecule has 0 aromatic carbocycles. The van der Waals surface area contributed by atoms with Crippen LogP contribution >= 0.6 is 11.6 Å². The number of aliphatic carboxylic acids is 1. The van der Waals surface area contributed by atoms with Gasteiger partial charge in [-0.2, -0.15) is 0 Å². The Morgan fingerprint density at radius 1 is 1.18 bits per heavy atom. The molecule has 8 nitrogen and oxygen atoms in total. The zero-order valence-corrected chi connectivity index (χ0v) is 23.8. The van der Waals surface area contributed by atoms with Crippen molar-refractivity contribution in [2.75, 3.05) is 0 Å². The fourth-order valence-corrected chi connectivity index (χ4v) is 9.06. The van der Waals surface area contributed by atoms with E-state index in [1.807, 2.05) is 0 Å². The smallest absolute Gasteiger partial charge is 0.303 e. The Morgan fingerprint density at radius 3 is 2.50 bits per heavy atom. The van der Waals surface area contributed by atoms with E-state index in [1.165, 1.54) is 13.0 Å². The topological polar surface area (TPSA) is 130 Å². The summed E-state index contributed by atoms with van der Waals surface area (Å²) in [5, 5.41) is 31.3. The van der Waals surface area contributed by atoms with Gasteiger partial charge in [-0.05, 0) is 82.9 Å². The number of ketones is 2. The number of aliphatic hydroxyl groups is 2. The molecule has 1 saturated heterocycles. The number of fused-ring (bicyclic) bond motifs is 7. The summed E-state index contributed by atoms with van der Waals surface area (Å²) in [4.78, 5) is 37.2. The molecule has 222 valence electrons.